The molecule has 1 amide bonds. The fraction of sp³-hybridized carbons (Fsp3) is 0.235. The Bertz CT molecular complexity index is 896. The standard InChI is InChI=1S/C17H16BrClN2O3S/c18-14-6-2-1-5-13(14)17(22)20-9-11-21(12-10-20)25(23,24)16-8-4-3-7-15(16)19/h1-8H,9-12H2. The molecule has 5 nitrogen and oxygen atoms in total. The average Bonchev–Trinajstić information content (AvgIpc) is 2.62. The molecule has 0 aliphatic carbocycles. The van der Waals surface area contributed by atoms with Crippen molar-refractivity contribution in [3.8, 4) is 0 Å². The molecule has 0 atom stereocenters. The molecular formula is C17H16BrClN2O3S. The molecule has 0 bridgehead atoms. The largest absolute Gasteiger partial charge is 0.336 e. The monoisotopic (exact) mass is 442 g/mol. The summed E-state index contributed by atoms with van der Waals surface area (Å²) >= 11 is 9.41. The summed E-state index contributed by atoms with van der Waals surface area (Å²) in [4.78, 5) is 14.4. The maximum atomic E-state index is 12.7. The van der Waals surface area contributed by atoms with Crippen LogP contribution in [-0.4, -0.2) is 49.7 Å². The first-order valence-corrected chi connectivity index (χ1v) is 10.3. The van der Waals surface area contributed by atoms with Gasteiger partial charge in [-0.05, 0) is 40.2 Å². The number of halogens is 2. The van der Waals surface area contributed by atoms with Crippen molar-refractivity contribution in [2.24, 2.45) is 0 Å². The number of benzene rings is 2. The Labute approximate surface area is 160 Å². The van der Waals surface area contributed by atoms with E-state index < -0.39 is 10.0 Å². The first-order valence-electron chi connectivity index (χ1n) is 7.70. The van der Waals surface area contributed by atoms with Crippen molar-refractivity contribution >= 4 is 43.5 Å². The van der Waals surface area contributed by atoms with Crippen molar-refractivity contribution in [3.63, 3.8) is 0 Å². The molecule has 132 valence electrons. The molecule has 3 rings (SSSR count). The van der Waals surface area contributed by atoms with E-state index in [1.165, 1.54) is 10.4 Å². The van der Waals surface area contributed by atoms with Gasteiger partial charge in [0.2, 0.25) is 10.0 Å². The highest BCUT2D eigenvalue weighted by Crippen LogP contribution is 2.25. The van der Waals surface area contributed by atoms with E-state index >= 15 is 0 Å². The van der Waals surface area contributed by atoms with Gasteiger partial charge in [0.15, 0.2) is 0 Å². The van der Waals surface area contributed by atoms with E-state index in [1.54, 1.807) is 35.2 Å². The summed E-state index contributed by atoms with van der Waals surface area (Å²) in [5, 5.41) is 0.203. The van der Waals surface area contributed by atoms with Crippen molar-refractivity contribution in [2.45, 2.75) is 4.90 Å². The van der Waals surface area contributed by atoms with E-state index in [4.69, 9.17) is 11.6 Å². The summed E-state index contributed by atoms with van der Waals surface area (Å²) in [6, 6.07) is 13.6. The first-order chi connectivity index (χ1) is 11.9. The van der Waals surface area contributed by atoms with Crippen molar-refractivity contribution in [1.29, 1.82) is 0 Å². The number of amides is 1. The molecule has 1 aliphatic rings. The maximum absolute atomic E-state index is 12.7. The molecular weight excluding hydrogens is 428 g/mol. The van der Waals surface area contributed by atoms with Crippen LogP contribution >= 0.6 is 27.5 Å². The Morgan fingerprint density at radius 3 is 2.20 bits per heavy atom. The fourth-order valence-corrected chi connectivity index (χ4v) is 5.10. The van der Waals surface area contributed by atoms with Crippen LogP contribution in [0, 0.1) is 0 Å². The van der Waals surface area contributed by atoms with Crippen LogP contribution in [0.15, 0.2) is 57.9 Å². The lowest BCUT2D eigenvalue weighted by molar-refractivity contribution is 0.0697. The van der Waals surface area contributed by atoms with E-state index in [1.807, 2.05) is 12.1 Å². The van der Waals surface area contributed by atoms with Crippen molar-refractivity contribution in [1.82, 2.24) is 9.21 Å². The summed E-state index contributed by atoms with van der Waals surface area (Å²) in [5.41, 5.74) is 0.574. The highest BCUT2D eigenvalue weighted by Gasteiger charge is 2.31. The first kappa shape index (κ1) is 18.4. The number of carbonyl (C=O) groups excluding carboxylic acids is 1. The summed E-state index contributed by atoms with van der Waals surface area (Å²) in [5.74, 6) is -0.109. The van der Waals surface area contributed by atoms with Gasteiger partial charge in [-0.1, -0.05) is 35.9 Å². The number of hydrogen-bond acceptors (Lipinski definition) is 3. The Kier molecular flexibility index (Phi) is 5.48. The van der Waals surface area contributed by atoms with Crippen molar-refractivity contribution in [2.75, 3.05) is 26.2 Å². The zero-order valence-electron chi connectivity index (χ0n) is 13.2. The van der Waals surface area contributed by atoms with Crippen LogP contribution in [0.2, 0.25) is 5.02 Å². The zero-order valence-corrected chi connectivity index (χ0v) is 16.4. The van der Waals surface area contributed by atoms with E-state index in [9.17, 15) is 13.2 Å². The average molecular weight is 444 g/mol. The van der Waals surface area contributed by atoms with E-state index in [0.717, 1.165) is 4.47 Å². The van der Waals surface area contributed by atoms with Crippen molar-refractivity contribution in [3.05, 3.63) is 63.6 Å². The van der Waals surface area contributed by atoms with Gasteiger partial charge in [0, 0.05) is 30.7 Å². The summed E-state index contributed by atoms with van der Waals surface area (Å²) in [6.45, 7) is 1.15. The lowest BCUT2D eigenvalue weighted by atomic mass is 10.2. The number of carbonyl (C=O) groups is 1. The van der Waals surface area contributed by atoms with Crippen molar-refractivity contribution < 1.29 is 13.2 Å². The van der Waals surface area contributed by atoms with Gasteiger partial charge >= 0.3 is 0 Å². The number of rotatable bonds is 3. The van der Waals surface area contributed by atoms with Gasteiger partial charge in [-0.3, -0.25) is 4.79 Å². The molecule has 0 spiro atoms. The zero-order chi connectivity index (χ0) is 18.0. The highest BCUT2D eigenvalue weighted by molar-refractivity contribution is 9.10. The van der Waals surface area contributed by atoms with Crippen LogP contribution in [-0.2, 0) is 10.0 Å². The van der Waals surface area contributed by atoms with Crippen LogP contribution in [0.3, 0.4) is 0 Å². The predicted molar refractivity (Wildman–Crippen MR) is 100 cm³/mol. The molecule has 0 unspecified atom stereocenters. The Morgan fingerprint density at radius 2 is 1.56 bits per heavy atom. The number of nitrogens with zero attached hydrogens (tertiary/aromatic N) is 2. The normalized spacial score (nSPS) is 16.0. The predicted octanol–water partition coefficient (Wildman–Crippen LogP) is 3.25. The molecule has 0 saturated carbocycles. The summed E-state index contributed by atoms with van der Waals surface area (Å²) < 4.78 is 27.6. The van der Waals surface area contributed by atoms with Gasteiger partial charge < -0.3 is 4.90 Å². The molecule has 1 fully saturated rings. The molecule has 8 heteroatoms. The number of hydrogen-bond donors (Lipinski definition) is 0. The highest BCUT2D eigenvalue weighted by atomic mass is 79.9. The second-order valence-electron chi connectivity index (χ2n) is 5.61. The van der Waals surface area contributed by atoms with Gasteiger partial charge in [-0.25, -0.2) is 8.42 Å². The quantitative estimate of drug-likeness (QED) is 0.732. The second kappa shape index (κ2) is 7.45. The smallest absolute Gasteiger partial charge is 0.255 e. The molecule has 1 saturated heterocycles. The van der Waals surface area contributed by atoms with E-state index in [0.29, 0.717) is 18.7 Å². The lowest BCUT2D eigenvalue weighted by Crippen LogP contribution is -2.50. The Balaban J connectivity index is 1.73. The fourth-order valence-electron chi connectivity index (χ4n) is 2.73. The van der Waals surface area contributed by atoms with Crippen LogP contribution in [0.1, 0.15) is 10.4 Å². The molecule has 0 N–H and O–H groups in total. The van der Waals surface area contributed by atoms with Gasteiger partial charge in [-0.15, -0.1) is 0 Å². The summed E-state index contributed by atoms with van der Waals surface area (Å²) in [6.07, 6.45) is 0. The minimum Gasteiger partial charge on any atom is -0.336 e. The lowest BCUT2D eigenvalue weighted by Gasteiger charge is -2.34. The third-order valence-corrected chi connectivity index (χ3v) is 7.17. The minimum absolute atomic E-state index is 0.0993. The summed E-state index contributed by atoms with van der Waals surface area (Å²) in [7, 11) is -3.66. The van der Waals surface area contributed by atoms with Crippen LogP contribution in [0.4, 0.5) is 0 Å². The molecule has 1 aliphatic heterocycles. The minimum atomic E-state index is -3.66. The molecule has 2 aromatic carbocycles. The molecule has 25 heavy (non-hydrogen) atoms. The Morgan fingerprint density at radius 1 is 0.960 bits per heavy atom. The topological polar surface area (TPSA) is 57.7 Å². The van der Waals surface area contributed by atoms with Gasteiger partial charge in [0.25, 0.3) is 5.91 Å². The molecule has 1 heterocycles. The third kappa shape index (κ3) is 3.74. The molecule has 0 radical (unpaired) electrons. The Hall–Kier alpha value is -1.41. The SMILES string of the molecule is O=C(c1ccccc1Br)N1CCN(S(=O)(=O)c2ccccc2Cl)CC1. The number of sulfonamides is 1. The third-order valence-electron chi connectivity index (χ3n) is 4.08. The number of piperazine rings is 1. The van der Waals surface area contributed by atoms with Gasteiger partial charge in [0.05, 0.1) is 10.6 Å². The second-order valence-corrected chi connectivity index (χ2v) is 8.77. The van der Waals surface area contributed by atoms with Crippen LogP contribution in [0.25, 0.3) is 0 Å². The van der Waals surface area contributed by atoms with Gasteiger partial charge in [0.1, 0.15) is 4.90 Å². The molecule has 0 aromatic heterocycles. The van der Waals surface area contributed by atoms with E-state index in [-0.39, 0.29) is 28.9 Å². The maximum Gasteiger partial charge on any atom is 0.255 e. The van der Waals surface area contributed by atoms with Crippen LogP contribution in [0.5, 0.6) is 0 Å². The van der Waals surface area contributed by atoms with E-state index in [2.05, 4.69) is 15.9 Å². The van der Waals surface area contributed by atoms with Crippen LogP contribution < -0.4 is 0 Å². The molecule has 2 aromatic rings. The van der Waals surface area contributed by atoms with Gasteiger partial charge in [-0.2, -0.15) is 4.31 Å².